The van der Waals surface area contributed by atoms with Crippen molar-refractivity contribution in [1.82, 2.24) is 0 Å². The molecule has 0 saturated carbocycles. The summed E-state index contributed by atoms with van der Waals surface area (Å²) in [6.07, 6.45) is 6.66. The summed E-state index contributed by atoms with van der Waals surface area (Å²) >= 11 is 0. The third-order valence-electron chi connectivity index (χ3n) is 3.50. The van der Waals surface area contributed by atoms with Crippen LogP contribution in [-0.2, 0) is 14.8 Å². The molecule has 6 heteroatoms. The fourth-order valence-electron chi connectivity index (χ4n) is 2.28. The van der Waals surface area contributed by atoms with E-state index in [2.05, 4.69) is 6.08 Å². The zero-order chi connectivity index (χ0) is 14.8. The Morgan fingerprint density at radius 3 is 2.40 bits per heavy atom. The third kappa shape index (κ3) is 3.26. The molecule has 1 aliphatic carbocycles. The van der Waals surface area contributed by atoms with Crippen molar-refractivity contribution in [2.24, 2.45) is 11.1 Å². The molecule has 5 nitrogen and oxygen atoms in total. The van der Waals surface area contributed by atoms with E-state index in [1.165, 1.54) is 12.1 Å². The first kappa shape index (κ1) is 14.7. The van der Waals surface area contributed by atoms with E-state index in [-0.39, 0.29) is 16.7 Å². The Morgan fingerprint density at radius 2 is 1.90 bits per heavy atom. The Labute approximate surface area is 119 Å². The van der Waals surface area contributed by atoms with Gasteiger partial charge >= 0.3 is 0 Å². The molecule has 1 atom stereocenters. The lowest BCUT2D eigenvalue weighted by atomic mass is 9.93. The number of anilines is 1. The summed E-state index contributed by atoms with van der Waals surface area (Å²) in [7, 11) is -2.00. The maximum absolute atomic E-state index is 12.3. The maximum atomic E-state index is 12.3. The molecule has 108 valence electrons. The summed E-state index contributed by atoms with van der Waals surface area (Å²) in [6.45, 7) is 0. The van der Waals surface area contributed by atoms with Gasteiger partial charge in [0.25, 0.3) is 0 Å². The van der Waals surface area contributed by atoms with Crippen LogP contribution in [0.15, 0.2) is 41.3 Å². The van der Waals surface area contributed by atoms with Gasteiger partial charge < -0.3 is 4.90 Å². The van der Waals surface area contributed by atoms with Crippen molar-refractivity contribution >= 4 is 21.6 Å². The van der Waals surface area contributed by atoms with Crippen molar-refractivity contribution in [1.29, 1.82) is 0 Å². The highest BCUT2D eigenvalue weighted by atomic mass is 32.2. The van der Waals surface area contributed by atoms with Gasteiger partial charge in [0.15, 0.2) is 0 Å². The van der Waals surface area contributed by atoms with E-state index in [9.17, 15) is 13.2 Å². The number of carbonyl (C=O) groups is 1. The molecule has 0 aromatic heterocycles. The van der Waals surface area contributed by atoms with Crippen molar-refractivity contribution < 1.29 is 13.2 Å². The Hall–Kier alpha value is -1.66. The summed E-state index contributed by atoms with van der Waals surface area (Å²) in [5, 5.41) is 5.04. The van der Waals surface area contributed by atoms with Gasteiger partial charge in [0.1, 0.15) is 0 Å². The molecule has 0 radical (unpaired) electrons. The van der Waals surface area contributed by atoms with Gasteiger partial charge in [0.05, 0.1) is 4.90 Å². The molecule has 0 fully saturated rings. The van der Waals surface area contributed by atoms with Crippen LogP contribution in [-0.4, -0.2) is 21.4 Å². The summed E-state index contributed by atoms with van der Waals surface area (Å²) in [5.74, 6) is 0.0561. The molecular weight excluding hydrogens is 276 g/mol. The Morgan fingerprint density at radius 1 is 1.25 bits per heavy atom. The molecule has 1 amide bonds. The van der Waals surface area contributed by atoms with Crippen LogP contribution >= 0.6 is 0 Å². The predicted octanol–water partition coefficient (Wildman–Crippen LogP) is 1.65. The molecule has 0 aliphatic heterocycles. The van der Waals surface area contributed by atoms with Gasteiger partial charge in [-0.15, -0.1) is 0 Å². The zero-order valence-electron chi connectivity index (χ0n) is 11.3. The average Bonchev–Trinajstić information content (AvgIpc) is 2.46. The van der Waals surface area contributed by atoms with Gasteiger partial charge in [-0.3, -0.25) is 4.79 Å². The van der Waals surface area contributed by atoms with E-state index in [0.717, 1.165) is 19.3 Å². The molecule has 2 rings (SSSR count). The number of carbonyl (C=O) groups excluding carboxylic acids is 1. The molecule has 0 bridgehead atoms. The molecule has 0 spiro atoms. The van der Waals surface area contributed by atoms with E-state index < -0.39 is 10.0 Å². The number of sulfonamides is 1. The van der Waals surface area contributed by atoms with Crippen LogP contribution in [0.3, 0.4) is 0 Å². The molecule has 2 N–H and O–H groups in total. The summed E-state index contributed by atoms with van der Waals surface area (Å²) in [6, 6.07) is 6.01. The third-order valence-corrected chi connectivity index (χ3v) is 4.43. The second-order valence-electron chi connectivity index (χ2n) is 4.92. The predicted molar refractivity (Wildman–Crippen MR) is 77.7 cm³/mol. The number of hydrogen-bond acceptors (Lipinski definition) is 3. The van der Waals surface area contributed by atoms with Gasteiger partial charge in [0, 0.05) is 18.7 Å². The van der Waals surface area contributed by atoms with Gasteiger partial charge in [0.2, 0.25) is 15.9 Å². The summed E-state index contributed by atoms with van der Waals surface area (Å²) in [5.41, 5.74) is 0.664. The minimum atomic E-state index is -3.70. The lowest BCUT2D eigenvalue weighted by Crippen LogP contribution is -2.33. The van der Waals surface area contributed by atoms with Crippen LogP contribution in [0.2, 0.25) is 0 Å². The minimum Gasteiger partial charge on any atom is -0.315 e. The van der Waals surface area contributed by atoms with E-state index in [4.69, 9.17) is 5.14 Å². The van der Waals surface area contributed by atoms with Gasteiger partial charge in [-0.05, 0) is 43.5 Å². The highest BCUT2D eigenvalue weighted by Gasteiger charge is 2.23. The smallest absolute Gasteiger partial charge is 0.238 e. The highest BCUT2D eigenvalue weighted by molar-refractivity contribution is 7.89. The monoisotopic (exact) mass is 294 g/mol. The van der Waals surface area contributed by atoms with Gasteiger partial charge in [-0.2, -0.15) is 0 Å². The first-order valence-electron chi connectivity index (χ1n) is 6.45. The molecule has 0 saturated heterocycles. The fourth-order valence-corrected chi connectivity index (χ4v) is 2.79. The molecule has 1 aliphatic rings. The van der Waals surface area contributed by atoms with Crippen LogP contribution in [0.5, 0.6) is 0 Å². The number of primary sulfonamides is 1. The molecular formula is C14H18N2O3S. The Bertz CT molecular complexity index is 620. The maximum Gasteiger partial charge on any atom is 0.238 e. The van der Waals surface area contributed by atoms with Crippen LogP contribution in [0.1, 0.15) is 19.3 Å². The van der Waals surface area contributed by atoms with Crippen LogP contribution in [0.25, 0.3) is 0 Å². The second kappa shape index (κ2) is 5.76. The first-order chi connectivity index (χ1) is 9.39. The summed E-state index contributed by atoms with van der Waals surface area (Å²) < 4.78 is 22.4. The van der Waals surface area contributed by atoms with Crippen LogP contribution in [0, 0.1) is 5.92 Å². The van der Waals surface area contributed by atoms with Crippen LogP contribution in [0.4, 0.5) is 5.69 Å². The number of allylic oxidation sites excluding steroid dienone is 2. The topological polar surface area (TPSA) is 80.5 Å². The average molecular weight is 294 g/mol. The number of nitrogens with zero attached hydrogens (tertiary/aromatic N) is 1. The first-order valence-corrected chi connectivity index (χ1v) is 7.99. The zero-order valence-corrected chi connectivity index (χ0v) is 12.1. The SMILES string of the molecule is CN(C(=O)C1CC=CCC1)c1ccc(S(N)(=O)=O)cc1. The quantitative estimate of drug-likeness (QED) is 0.861. The normalized spacial score (nSPS) is 18.8. The molecule has 20 heavy (non-hydrogen) atoms. The molecule has 1 unspecified atom stereocenters. The number of benzene rings is 1. The lowest BCUT2D eigenvalue weighted by molar-refractivity contribution is -0.122. The van der Waals surface area contributed by atoms with Crippen molar-refractivity contribution in [2.45, 2.75) is 24.2 Å². The van der Waals surface area contributed by atoms with Crippen molar-refractivity contribution in [3.63, 3.8) is 0 Å². The summed E-state index contributed by atoms with van der Waals surface area (Å²) in [4.78, 5) is 13.9. The van der Waals surface area contributed by atoms with E-state index in [1.54, 1.807) is 24.1 Å². The highest BCUT2D eigenvalue weighted by Crippen LogP contribution is 2.24. The Kier molecular flexibility index (Phi) is 4.25. The lowest BCUT2D eigenvalue weighted by Gasteiger charge is -2.24. The molecule has 1 aromatic carbocycles. The molecule has 1 aromatic rings. The Balaban J connectivity index is 2.14. The number of hydrogen-bond donors (Lipinski definition) is 1. The fraction of sp³-hybridized carbons (Fsp3) is 0.357. The number of rotatable bonds is 3. The second-order valence-corrected chi connectivity index (χ2v) is 6.48. The van der Waals surface area contributed by atoms with E-state index in [0.29, 0.717) is 5.69 Å². The number of amides is 1. The standard InChI is InChI=1S/C14H18N2O3S/c1-16(14(17)11-5-3-2-4-6-11)12-7-9-13(10-8-12)20(15,18)19/h2-3,7-11H,4-6H2,1H3,(H2,15,18,19). The van der Waals surface area contributed by atoms with Gasteiger partial charge in [-0.25, -0.2) is 13.6 Å². The van der Waals surface area contributed by atoms with Crippen molar-refractivity contribution in [2.75, 3.05) is 11.9 Å². The van der Waals surface area contributed by atoms with Crippen molar-refractivity contribution in [3.05, 3.63) is 36.4 Å². The minimum absolute atomic E-state index is 0.00270. The van der Waals surface area contributed by atoms with Crippen LogP contribution < -0.4 is 10.0 Å². The van der Waals surface area contributed by atoms with Crippen molar-refractivity contribution in [3.8, 4) is 0 Å². The van der Waals surface area contributed by atoms with E-state index >= 15 is 0 Å². The van der Waals surface area contributed by atoms with Gasteiger partial charge in [-0.1, -0.05) is 12.2 Å². The number of nitrogens with two attached hydrogens (primary N) is 1. The van der Waals surface area contributed by atoms with E-state index in [1.807, 2.05) is 6.08 Å². The molecule has 0 heterocycles. The largest absolute Gasteiger partial charge is 0.315 e.